The van der Waals surface area contributed by atoms with Crippen LogP contribution in [0.2, 0.25) is 0 Å². The number of benzene rings is 1. The lowest BCUT2D eigenvalue weighted by atomic mass is 9.84. The highest BCUT2D eigenvalue weighted by Crippen LogP contribution is 2.34. The Morgan fingerprint density at radius 1 is 1.29 bits per heavy atom. The molecule has 4 atom stereocenters. The number of rotatable bonds is 4. The lowest BCUT2D eigenvalue weighted by Crippen LogP contribution is -2.51. The van der Waals surface area contributed by atoms with Gasteiger partial charge in [0.25, 0.3) is 0 Å². The number of aryl methyl sites for hydroxylation is 1. The third-order valence-electron chi connectivity index (χ3n) is 5.68. The minimum absolute atomic E-state index is 0.269. The van der Waals surface area contributed by atoms with Crippen LogP contribution in [0.15, 0.2) is 18.2 Å². The summed E-state index contributed by atoms with van der Waals surface area (Å²) in [6, 6.07) is 6.83. The van der Waals surface area contributed by atoms with Crippen molar-refractivity contribution in [2.75, 3.05) is 13.6 Å². The molecule has 1 aliphatic carbocycles. The van der Waals surface area contributed by atoms with E-state index in [1.54, 1.807) is 12.1 Å². The molecule has 1 aliphatic heterocycles. The Bertz CT molecular complexity index is 566. The zero-order valence-corrected chi connectivity index (χ0v) is 14.8. The van der Waals surface area contributed by atoms with Gasteiger partial charge in [-0.3, -0.25) is 0 Å². The summed E-state index contributed by atoms with van der Waals surface area (Å²) >= 11 is 0. The summed E-state index contributed by atoms with van der Waals surface area (Å²) in [6.07, 6.45) is 4.28. The Labute approximate surface area is 143 Å². The van der Waals surface area contributed by atoms with Crippen molar-refractivity contribution >= 4 is 0 Å². The number of hydrogen-bond donors (Lipinski definition) is 1. The predicted octanol–water partition coefficient (Wildman–Crippen LogP) is 3.98. The Hall–Kier alpha value is -1.20. The van der Waals surface area contributed by atoms with Gasteiger partial charge in [0.05, 0.1) is 0 Å². The number of hydrogen-bond acceptors (Lipinski definition) is 3. The van der Waals surface area contributed by atoms with E-state index >= 15 is 0 Å². The number of nitrogens with one attached hydrogen (secondary N) is 1. The standard InChI is InChI=1S/C19H28F2N2O/c1-12-11-23(3)13(2)9-18(12)22-17-6-4-5-14-10-15(24-19(20)21)7-8-16(14)17/h7-8,10,12-13,17-19,22H,4-6,9,11H2,1-3H3. The van der Waals surface area contributed by atoms with Crippen molar-refractivity contribution in [3.63, 3.8) is 0 Å². The number of nitrogens with zero attached hydrogens (tertiary/aromatic N) is 1. The van der Waals surface area contributed by atoms with Gasteiger partial charge in [-0.1, -0.05) is 13.0 Å². The van der Waals surface area contributed by atoms with Gasteiger partial charge in [-0.05, 0) is 68.8 Å². The van der Waals surface area contributed by atoms with Crippen LogP contribution in [0.25, 0.3) is 0 Å². The van der Waals surface area contributed by atoms with Crippen LogP contribution in [0.1, 0.15) is 50.3 Å². The van der Waals surface area contributed by atoms with Crippen LogP contribution in [0.3, 0.4) is 0 Å². The molecule has 0 bridgehead atoms. The third kappa shape index (κ3) is 3.89. The summed E-state index contributed by atoms with van der Waals surface area (Å²) in [6.45, 7) is 2.94. The molecule has 1 saturated heterocycles. The molecule has 1 N–H and O–H groups in total. The number of ether oxygens (including phenoxy) is 1. The summed E-state index contributed by atoms with van der Waals surface area (Å²) in [7, 11) is 2.19. The van der Waals surface area contributed by atoms with Crippen molar-refractivity contribution in [1.82, 2.24) is 10.2 Å². The van der Waals surface area contributed by atoms with Gasteiger partial charge in [0, 0.05) is 24.7 Å². The van der Waals surface area contributed by atoms with Crippen molar-refractivity contribution in [1.29, 1.82) is 0 Å². The van der Waals surface area contributed by atoms with E-state index in [0.717, 1.165) is 37.8 Å². The number of piperidine rings is 1. The SMILES string of the molecule is CC1CN(C)C(C)CC1NC1CCCc2cc(OC(F)F)ccc21. The number of halogens is 2. The predicted molar refractivity (Wildman–Crippen MR) is 91.5 cm³/mol. The van der Waals surface area contributed by atoms with E-state index < -0.39 is 6.61 Å². The second-order valence-corrected chi connectivity index (χ2v) is 7.46. The van der Waals surface area contributed by atoms with Crippen molar-refractivity contribution in [3.8, 4) is 5.75 Å². The zero-order valence-electron chi connectivity index (χ0n) is 14.8. The van der Waals surface area contributed by atoms with Crippen LogP contribution in [0.5, 0.6) is 5.75 Å². The van der Waals surface area contributed by atoms with E-state index in [-0.39, 0.29) is 5.75 Å². The zero-order chi connectivity index (χ0) is 17.3. The summed E-state index contributed by atoms with van der Waals surface area (Å²) in [5.74, 6) is 0.878. The number of likely N-dealkylation sites (tertiary alicyclic amines) is 1. The van der Waals surface area contributed by atoms with E-state index in [2.05, 4.69) is 35.8 Å². The smallest absolute Gasteiger partial charge is 0.387 e. The first kappa shape index (κ1) is 17.6. The molecule has 3 nitrogen and oxygen atoms in total. The topological polar surface area (TPSA) is 24.5 Å². The molecule has 0 spiro atoms. The third-order valence-corrected chi connectivity index (χ3v) is 5.68. The molecule has 3 rings (SSSR count). The lowest BCUT2D eigenvalue weighted by molar-refractivity contribution is -0.0499. The fourth-order valence-electron chi connectivity index (χ4n) is 4.17. The van der Waals surface area contributed by atoms with Gasteiger partial charge in [0.2, 0.25) is 0 Å². The molecular weight excluding hydrogens is 310 g/mol. The molecule has 1 aromatic carbocycles. The molecule has 5 heteroatoms. The average Bonchev–Trinajstić information content (AvgIpc) is 2.52. The molecule has 0 radical (unpaired) electrons. The molecule has 134 valence electrons. The summed E-state index contributed by atoms with van der Waals surface area (Å²) in [4.78, 5) is 2.42. The Balaban J connectivity index is 1.72. The Morgan fingerprint density at radius 2 is 2.08 bits per heavy atom. The van der Waals surface area contributed by atoms with Crippen LogP contribution in [-0.4, -0.2) is 37.2 Å². The molecule has 1 fully saturated rings. The first-order valence-corrected chi connectivity index (χ1v) is 8.98. The average molecular weight is 338 g/mol. The fraction of sp³-hybridized carbons (Fsp3) is 0.684. The quantitative estimate of drug-likeness (QED) is 0.898. The summed E-state index contributed by atoms with van der Waals surface area (Å²) in [5, 5.41) is 3.86. The molecule has 0 amide bonds. The summed E-state index contributed by atoms with van der Waals surface area (Å²) < 4.78 is 29.4. The molecule has 1 heterocycles. The highest BCUT2D eigenvalue weighted by atomic mass is 19.3. The van der Waals surface area contributed by atoms with Crippen LogP contribution in [0, 0.1) is 5.92 Å². The van der Waals surface area contributed by atoms with Crippen LogP contribution in [-0.2, 0) is 6.42 Å². The maximum atomic E-state index is 12.4. The number of alkyl halides is 2. The maximum absolute atomic E-state index is 12.4. The molecular formula is C19H28F2N2O. The number of fused-ring (bicyclic) bond motifs is 1. The van der Waals surface area contributed by atoms with Crippen LogP contribution >= 0.6 is 0 Å². The highest BCUT2D eigenvalue weighted by Gasteiger charge is 2.31. The Morgan fingerprint density at radius 3 is 2.83 bits per heavy atom. The van der Waals surface area contributed by atoms with Crippen molar-refractivity contribution in [2.24, 2.45) is 5.92 Å². The van der Waals surface area contributed by atoms with E-state index in [1.165, 1.54) is 5.56 Å². The molecule has 2 aliphatic rings. The highest BCUT2D eigenvalue weighted by molar-refractivity contribution is 5.39. The first-order valence-electron chi connectivity index (χ1n) is 8.98. The molecule has 1 aromatic rings. The maximum Gasteiger partial charge on any atom is 0.387 e. The minimum atomic E-state index is -2.76. The fourth-order valence-corrected chi connectivity index (χ4v) is 4.17. The van der Waals surface area contributed by atoms with E-state index in [9.17, 15) is 8.78 Å². The van der Waals surface area contributed by atoms with Gasteiger partial charge in [0.1, 0.15) is 5.75 Å². The van der Waals surface area contributed by atoms with Crippen LogP contribution < -0.4 is 10.1 Å². The van der Waals surface area contributed by atoms with Gasteiger partial charge in [-0.25, -0.2) is 0 Å². The Kier molecular flexibility index (Phi) is 5.40. The van der Waals surface area contributed by atoms with E-state index in [1.807, 2.05) is 6.07 Å². The second kappa shape index (κ2) is 7.36. The van der Waals surface area contributed by atoms with Gasteiger partial charge < -0.3 is 15.0 Å². The van der Waals surface area contributed by atoms with Crippen molar-refractivity contribution < 1.29 is 13.5 Å². The van der Waals surface area contributed by atoms with Gasteiger partial charge in [-0.2, -0.15) is 8.78 Å². The monoisotopic (exact) mass is 338 g/mol. The summed E-state index contributed by atoms with van der Waals surface area (Å²) in [5.41, 5.74) is 2.40. The van der Waals surface area contributed by atoms with Crippen molar-refractivity contribution in [3.05, 3.63) is 29.3 Å². The van der Waals surface area contributed by atoms with Crippen LogP contribution in [0.4, 0.5) is 8.78 Å². The van der Waals surface area contributed by atoms with E-state index in [4.69, 9.17) is 0 Å². The molecule has 4 unspecified atom stereocenters. The second-order valence-electron chi connectivity index (χ2n) is 7.46. The molecule has 0 saturated carbocycles. The first-order chi connectivity index (χ1) is 11.4. The minimum Gasteiger partial charge on any atom is -0.435 e. The van der Waals surface area contributed by atoms with E-state index in [0.29, 0.717) is 24.0 Å². The van der Waals surface area contributed by atoms with Gasteiger partial charge in [0.15, 0.2) is 0 Å². The lowest BCUT2D eigenvalue weighted by Gasteiger charge is -2.42. The van der Waals surface area contributed by atoms with Gasteiger partial charge >= 0.3 is 6.61 Å². The van der Waals surface area contributed by atoms with Gasteiger partial charge in [-0.15, -0.1) is 0 Å². The molecule has 0 aromatic heterocycles. The largest absolute Gasteiger partial charge is 0.435 e. The van der Waals surface area contributed by atoms with Crippen molar-refractivity contribution in [2.45, 2.75) is 64.3 Å². The molecule has 24 heavy (non-hydrogen) atoms. The normalized spacial score (nSPS) is 31.1.